The summed E-state index contributed by atoms with van der Waals surface area (Å²) in [7, 11) is 0. The average Bonchev–Trinajstić information content (AvgIpc) is 2.33. The fourth-order valence-corrected chi connectivity index (χ4v) is 1.84. The molecule has 0 aromatic carbocycles. The topological polar surface area (TPSA) is 37.0 Å². The van der Waals surface area contributed by atoms with E-state index in [0.29, 0.717) is 5.02 Å². The van der Waals surface area contributed by atoms with Crippen LogP contribution in [0.1, 0.15) is 12.8 Å². The average molecular weight is 238 g/mol. The molecule has 0 radical (unpaired) electrons. The molecule has 0 amide bonds. The molecule has 0 atom stereocenters. The van der Waals surface area contributed by atoms with Gasteiger partial charge in [-0.1, -0.05) is 23.3 Å². The van der Waals surface area contributed by atoms with Crippen LogP contribution in [0.15, 0.2) is 30.0 Å². The summed E-state index contributed by atoms with van der Waals surface area (Å²) in [6, 6.07) is 3.75. The van der Waals surface area contributed by atoms with Crippen LogP contribution in [0.5, 0.6) is 0 Å². The molecule has 86 valence electrons. The van der Waals surface area contributed by atoms with Crippen molar-refractivity contribution in [3.05, 3.63) is 35.0 Å². The first-order valence-corrected chi connectivity index (χ1v) is 5.96. The second kappa shape index (κ2) is 5.87. The van der Waals surface area contributed by atoms with Gasteiger partial charge in [0.2, 0.25) is 0 Å². The van der Waals surface area contributed by atoms with Crippen molar-refractivity contribution in [3.8, 4) is 0 Å². The Balaban J connectivity index is 1.75. The second-order valence-corrected chi connectivity index (χ2v) is 4.29. The monoisotopic (exact) mass is 237 g/mol. The van der Waals surface area contributed by atoms with Crippen molar-refractivity contribution in [2.75, 3.05) is 25.0 Å². The van der Waals surface area contributed by atoms with Crippen molar-refractivity contribution < 1.29 is 0 Å². The van der Waals surface area contributed by atoms with E-state index >= 15 is 0 Å². The van der Waals surface area contributed by atoms with Crippen LogP contribution in [0.25, 0.3) is 0 Å². The third kappa shape index (κ3) is 3.51. The zero-order chi connectivity index (χ0) is 11.2. The highest BCUT2D eigenvalue weighted by atomic mass is 35.5. The predicted octanol–water partition coefficient (Wildman–Crippen LogP) is 2.46. The molecule has 16 heavy (non-hydrogen) atoms. The smallest absolute Gasteiger partial charge is 0.125 e. The van der Waals surface area contributed by atoms with Gasteiger partial charge in [0.15, 0.2) is 0 Å². The Morgan fingerprint density at radius 2 is 2.38 bits per heavy atom. The number of pyridine rings is 1. The van der Waals surface area contributed by atoms with Crippen molar-refractivity contribution in [3.63, 3.8) is 0 Å². The first kappa shape index (κ1) is 11.4. The van der Waals surface area contributed by atoms with Crippen LogP contribution in [0.4, 0.5) is 5.82 Å². The zero-order valence-electron chi connectivity index (χ0n) is 9.17. The van der Waals surface area contributed by atoms with Crippen LogP contribution in [0, 0.1) is 0 Å². The van der Waals surface area contributed by atoms with Gasteiger partial charge in [0.05, 0.1) is 5.02 Å². The molecule has 0 spiro atoms. The highest BCUT2D eigenvalue weighted by molar-refractivity contribution is 6.30. The van der Waals surface area contributed by atoms with E-state index in [1.54, 1.807) is 6.20 Å². The van der Waals surface area contributed by atoms with Gasteiger partial charge in [0.25, 0.3) is 0 Å². The van der Waals surface area contributed by atoms with E-state index in [1.807, 2.05) is 12.1 Å². The van der Waals surface area contributed by atoms with Crippen molar-refractivity contribution in [2.45, 2.75) is 12.8 Å². The summed E-state index contributed by atoms with van der Waals surface area (Å²) in [6.07, 6.45) is 6.19. The van der Waals surface area contributed by atoms with E-state index in [-0.39, 0.29) is 0 Å². The first-order valence-electron chi connectivity index (χ1n) is 5.58. The molecular formula is C12H16ClN3. The summed E-state index contributed by atoms with van der Waals surface area (Å²) in [5.41, 5.74) is 1.53. The molecule has 0 bridgehead atoms. The molecule has 2 N–H and O–H groups in total. The van der Waals surface area contributed by atoms with Crippen molar-refractivity contribution >= 4 is 17.4 Å². The van der Waals surface area contributed by atoms with Crippen LogP contribution < -0.4 is 10.6 Å². The number of hydrogen-bond acceptors (Lipinski definition) is 3. The Labute approximate surface area is 101 Å². The largest absolute Gasteiger partial charge is 0.370 e. The fraction of sp³-hybridized carbons (Fsp3) is 0.417. The minimum atomic E-state index is 0.673. The number of nitrogens with one attached hydrogen (secondary N) is 2. The van der Waals surface area contributed by atoms with Gasteiger partial charge in [-0.3, -0.25) is 0 Å². The summed E-state index contributed by atoms with van der Waals surface area (Å²) in [5.74, 6) is 0.888. The van der Waals surface area contributed by atoms with E-state index < -0.39 is 0 Å². The van der Waals surface area contributed by atoms with Gasteiger partial charge in [-0.25, -0.2) is 4.98 Å². The lowest BCUT2D eigenvalue weighted by Crippen LogP contribution is -2.21. The lowest BCUT2D eigenvalue weighted by atomic mass is 10.1. The Morgan fingerprint density at radius 1 is 1.44 bits per heavy atom. The van der Waals surface area contributed by atoms with Crippen molar-refractivity contribution in [1.82, 2.24) is 10.3 Å². The fourth-order valence-electron chi connectivity index (χ4n) is 1.73. The lowest BCUT2D eigenvalue weighted by molar-refractivity contribution is 0.683. The van der Waals surface area contributed by atoms with Crippen LogP contribution in [0.2, 0.25) is 5.02 Å². The maximum Gasteiger partial charge on any atom is 0.125 e. The number of hydrogen-bond donors (Lipinski definition) is 2. The molecule has 1 aromatic heterocycles. The van der Waals surface area contributed by atoms with Crippen molar-refractivity contribution in [1.29, 1.82) is 0 Å². The van der Waals surface area contributed by atoms with E-state index in [0.717, 1.165) is 38.3 Å². The lowest BCUT2D eigenvalue weighted by Gasteiger charge is -2.14. The molecule has 1 aromatic rings. The maximum atomic E-state index is 5.76. The molecule has 0 saturated carbocycles. The Bertz CT molecular complexity index is 359. The van der Waals surface area contributed by atoms with Gasteiger partial charge >= 0.3 is 0 Å². The highest BCUT2D eigenvalue weighted by Gasteiger charge is 2.02. The normalized spacial score (nSPS) is 15.7. The molecular weight excluding hydrogens is 222 g/mol. The molecule has 2 heterocycles. The van der Waals surface area contributed by atoms with Gasteiger partial charge in [-0.2, -0.15) is 0 Å². The number of rotatable bonds is 4. The predicted molar refractivity (Wildman–Crippen MR) is 67.9 cm³/mol. The van der Waals surface area contributed by atoms with Crippen molar-refractivity contribution in [2.24, 2.45) is 0 Å². The van der Waals surface area contributed by atoms with Crippen LogP contribution in [-0.4, -0.2) is 24.6 Å². The van der Waals surface area contributed by atoms with E-state index in [9.17, 15) is 0 Å². The first-order chi connectivity index (χ1) is 7.84. The van der Waals surface area contributed by atoms with Crippen LogP contribution >= 0.6 is 11.6 Å². The maximum absolute atomic E-state index is 5.76. The Morgan fingerprint density at radius 3 is 3.06 bits per heavy atom. The molecule has 0 fully saturated rings. The Kier molecular flexibility index (Phi) is 4.19. The SMILES string of the molecule is Clc1ccc(NCCC2=CCNCC2)nc1. The quantitative estimate of drug-likeness (QED) is 0.790. The third-order valence-corrected chi connectivity index (χ3v) is 2.86. The molecule has 1 aliphatic rings. The van der Waals surface area contributed by atoms with Gasteiger partial charge < -0.3 is 10.6 Å². The molecule has 4 heteroatoms. The van der Waals surface area contributed by atoms with Gasteiger partial charge in [-0.15, -0.1) is 0 Å². The zero-order valence-corrected chi connectivity index (χ0v) is 9.93. The summed E-state index contributed by atoms with van der Waals surface area (Å²) in [5, 5.41) is 7.27. The number of nitrogens with zero attached hydrogens (tertiary/aromatic N) is 1. The summed E-state index contributed by atoms with van der Waals surface area (Å²) < 4.78 is 0. The molecule has 1 aliphatic heterocycles. The van der Waals surface area contributed by atoms with E-state index in [4.69, 9.17) is 11.6 Å². The van der Waals surface area contributed by atoms with Gasteiger partial charge in [0, 0.05) is 19.3 Å². The summed E-state index contributed by atoms with van der Waals surface area (Å²) in [4.78, 5) is 4.19. The summed E-state index contributed by atoms with van der Waals surface area (Å²) in [6.45, 7) is 3.04. The minimum absolute atomic E-state index is 0.673. The highest BCUT2D eigenvalue weighted by Crippen LogP contribution is 2.12. The van der Waals surface area contributed by atoms with Gasteiger partial charge in [0.1, 0.15) is 5.82 Å². The molecule has 3 nitrogen and oxygen atoms in total. The molecule has 2 rings (SSSR count). The van der Waals surface area contributed by atoms with E-state index in [2.05, 4.69) is 21.7 Å². The number of anilines is 1. The Hall–Kier alpha value is -1.06. The number of aromatic nitrogens is 1. The van der Waals surface area contributed by atoms with Crippen LogP contribution in [0.3, 0.4) is 0 Å². The van der Waals surface area contributed by atoms with Gasteiger partial charge in [-0.05, 0) is 31.5 Å². The molecule has 0 unspecified atom stereocenters. The minimum Gasteiger partial charge on any atom is -0.370 e. The third-order valence-electron chi connectivity index (χ3n) is 2.64. The molecule has 0 saturated heterocycles. The summed E-state index contributed by atoms with van der Waals surface area (Å²) >= 11 is 5.76. The number of halogens is 1. The van der Waals surface area contributed by atoms with E-state index in [1.165, 1.54) is 5.57 Å². The standard InChI is InChI=1S/C12H16ClN3/c13-11-1-2-12(16-9-11)15-8-5-10-3-6-14-7-4-10/h1-3,9,14H,4-8H2,(H,15,16). The molecule has 0 aliphatic carbocycles. The van der Waals surface area contributed by atoms with Crippen LogP contribution in [-0.2, 0) is 0 Å². The second-order valence-electron chi connectivity index (χ2n) is 3.85.